The van der Waals surface area contributed by atoms with Gasteiger partial charge in [0.15, 0.2) is 15.7 Å². The SMILES string of the molecule is CCCS(=O)(=O)c1c(N)nsc1NCCCN(CC)CC. The maximum absolute atomic E-state index is 12.2. The first-order valence-corrected chi connectivity index (χ1v) is 9.82. The minimum atomic E-state index is -3.34. The summed E-state index contributed by atoms with van der Waals surface area (Å²) in [6.45, 7) is 9.87. The van der Waals surface area contributed by atoms with Gasteiger partial charge in [-0.15, -0.1) is 0 Å². The predicted molar refractivity (Wildman–Crippen MR) is 89.8 cm³/mol. The maximum Gasteiger partial charge on any atom is 0.185 e. The molecule has 1 aromatic rings. The van der Waals surface area contributed by atoms with Gasteiger partial charge in [-0.3, -0.25) is 0 Å². The lowest BCUT2D eigenvalue weighted by Gasteiger charge is -2.17. The van der Waals surface area contributed by atoms with Crippen molar-refractivity contribution in [3.05, 3.63) is 0 Å². The summed E-state index contributed by atoms with van der Waals surface area (Å²) >= 11 is 1.12. The van der Waals surface area contributed by atoms with E-state index in [1.165, 1.54) is 0 Å². The molecule has 0 aliphatic heterocycles. The second-order valence-electron chi connectivity index (χ2n) is 4.85. The monoisotopic (exact) mass is 334 g/mol. The highest BCUT2D eigenvalue weighted by Gasteiger charge is 2.24. The van der Waals surface area contributed by atoms with Gasteiger partial charge in [-0.05, 0) is 44.0 Å². The summed E-state index contributed by atoms with van der Waals surface area (Å²) in [6.07, 6.45) is 1.52. The number of sulfone groups is 1. The maximum atomic E-state index is 12.2. The fourth-order valence-corrected chi connectivity index (χ4v) is 4.77. The zero-order chi connectivity index (χ0) is 15.9. The highest BCUT2D eigenvalue weighted by molar-refractivity contribution is 7.91. The van der Waals surface area contributed by atoms with Crippen LogP contribution < -0.4 is 11.1 Å². The van der Waals surface area contributed by atoms with Gasteiger partial charge in [-0.25, -0.2) is 8.42 Å². The molecule has 1 heterocycles. The van der Waals surface area contributed by atoms with Crippen molar-refractivity contribution >= 4 is 32.2 Å². The number of hydrogen-bond donors (Lipinski definition) is 2. The standard InChI is InChI=1S/C13H26N4O2S2/c1-4-10-21(18,19)11-12(14)16-20-13(11)15-8-7-9-17(5-2)6-3/h15H,4-10H2,1-3H3,(H2,14,16). The highest BCUT2D eigenvalue weighted by atomic mass is 32.2. The lowest BCUT2D eigenvalue weighted by atomic mass is 10.3. The Balaban J connectivity index is 2.65. The lowest BCUT2D eigenvalue weighted by Crippen LogP contribution is -2.25. The van der Waals surface area contributed by atoms with E-state index in [1.807, 2.05) is 6.92 Å². The Morgan fingerprint density at radius 3 is 2.52 bits per heavy atom. The molecule has 122 valence electrons. The Labute approximate surface area is 131 Å². The van der Waals surface area contributed by atoms with Gasteiger partial charge in [0.1, 0.15) is 9.90 Å². The van der Waals surface area contributed by atoms with Gasteiger partial charge < -0.3 is 16.0 Å². The number of nitrogens with two attached hydrogens (primary N) is 1. The van der Waals surface area contributed by atoms with E-state index in [9.17, 15) is 8.42 Å². The van der Waals surface area contributed by atoms with Crippen molar-refractivity contribution in [1.29, 1.82) is 0 Å². The summed E-state index contributed by atoms with van der Waals surface area (Å²) in [4.78, 5) is 2.51. The van der Waals surface area contributed by atoms with E-state index >= 15 is 0 Å². The zero-order valence-electron chi connectivity index (χ0n) is 13.1. The summed E-state index contributed by atoms with van der Waals surface area (Å²) < 4.78 is 28.4. The molecule has 0 bridgehead atoms. The Hall–Kier alpha value is -0.860. The molecule has 21 heavy (non-hydrogen) atoms. The van der Waals surface area contributed by atoms with E-state index in [0.717, 1.165) is 37.6 Å². The number of anilines is 2. The first-order chi connectivity index (χ1) is 9.96. The fraction of sp³-hybridized carbons (Fsp3) is 0.769. The third kappa shape index (κ3) is 5.12. The molecule has 0 aliphatic carbocycles. The molecule has 3 N–H and O–H groups in total. The molecule has 0 aromatic carbocycles. The molecular formula is C13H26N4O2S2. The van der Waals surface area contributed by atoms with E-state index in [4.69, 9.17) is 5.73 Å². The van der Waals surface area contributed by atoms with Crippen molar-refractivity contribution in [2.75, 3.05) is 43.0 Å². The molecule has 0 saturated carbocycles. The van der Waals surface area contributed by atoms with E-state index in [2.05, 4.69) is 28.4 Å². The fourth-order valence-electron chi connectivity index (χ4n) is 2.12. The van der Waals surface area contributed by atoms with Gasteiger partial charge in [0, 0.05) is 6.54 Å². The van der Waals surface area contributed by atoms with E-state index in [1.54, 1.807) is 0 Å². The molecule has 6 nitrogen and oxygen atoms in total. The van der Waals surface area contributed by atoms with Crippen LogP contribution in [0.3, 0.4) is 0 Å². The van der Waals surface area contributed by atoms with Crippen LogP contribution in [0, 0.1) is 0 Å². The Morgan fingerprint density at radius 2 is 1.95 bits per heavy atom. The van der Waals surface area contributed by atoms with Gasteiger partial charge in [-0.2, -0.15) is 4.37 Å². The van der Waals surface area contributed by atoms with Crippen LogP contribution in [0.25, 0.3) is 0 Å². The summed E-state index contributed by atoms with van der Waals surface area (Å²) in [5, 5.41) is 3.74. The van der Waals surface area contributed by atoms with Crippen LogP contribution in [0.1, 0.15) is 33.6 Å². The van der Waals surface area contributed by atoms with Crippen molar-refractivity contribution in [1.82, 2.24) is 9.27 Å². The highest BCUT2D eigenvalue weighted by Crippen LogP contribution is 2.32. The topological polar surface area (TPSA) is 88.3 Å². The van der Waals surface area contributed by atoms with Gasteiger partial charge in [0.25, 0.3) is 0 Å². The molecule has 0 amide bonds. The third-order valence-corrected chi connectivity index (χ3v) is 6.22. The van der Waals surface area contributed by atoms with Crippen LogP contribution in [-0.2, 0) is 9.84 Å². The smallest absolute Gasteiger partial charge is 0.185 e. The molecule has 0 radical (unpaired) electrons. The van der Waals surface area contributed by atoms with E-state index in [0.29, 0.717) is 18.0 Å². The first kappa shape index (κ1) is 18.2. The summed E-state index contributed by atoms with van der Waals surface area (Å²) in [6, 6.07) is 0. The van der Waals surface area contributed by atoms with Crippen molar-refractivity contribution in [2.45, 2.75) is 38.5 Å². The Bertz CT molecular complexity index is 524. The summed E-state index contributed by atoms with van der Waals surface area (Å²) in [5.41, 5.74) is 5.73. The van der Waals surface area contributed by atoms with Crippen LogP contribution in [0.4, 0.5) is 10.8 Å². The normalized spacial score (nSPS) is 12.0. The van der Waals surface area contributed by atoms with Crippen molar-refractivity contribution in [3.8, 4) is 0 Å². The van der Waals surface area contributed by atoms with Crippen LogP contribution in [0.5, 0.6) is 0 Å². The summed E-state index contributed by atoms with van der Waals surface area (Å²) in [5.74, 6) is 0.212. The molecule has 0 fully saturated rings. The number of nitrogens with one attached hydrogen (secondary N) is 1. The minimum absolute atomic E-state index is 0.101. The van der Waals surface area contributed by atoms with Crippen LogP contribution in [0.15, 0.2) is 4.90 Å². The van der Waals surface area contributed by atoms with Gasteiger partial charge >= 0.3 is 0 Å². The second-order valence-corrected chi connectivity index (χ2v) is 7.67. The van der Waals surface area contributed by atoms with Crippen LogP contribution in [-0.4, -0.2) is 49.6 Å². The van der Waals surface area contributed by atoms with Crippen LogP contribution >= 0.6 is 11.5 Å². The number of nitrogens with zero attached hydrogens (tertiary/aromatic N) is 2. The number of hydrogen-bond acceptors (Lipinski definition) is 7. The van der Waals surface area contributed by atoms with Crippen molar-refractivity contribution in [3.63, 3.8) is 0 Å². The zero-order valence-corrected chi connectivity index (χ0v) is 14.7. The van der Waals surface area contributed by atoms with Crippen molar-refractivity contribution in [2.24, 2.45) is 0 Å². The predicted octanol–water partition coefficient (Wildman–Crippen LogP) is 2.05. The van der Waals surface area contributed by atoms with Crippen molar-refractivity contribution < 1.29 is 8.42 Å². The largest absolute Gasteiger partial charge is 0.382 e. The second kappa shape index (κ2) is 8.55. The Morgan fingerprint density at radius 1 is 1.29 bits per heavy atom. The molecule has 1 rings (SSSR count). The number of rotatable bonds is 10. The summed E-state index contributed by atoms with van der Waals surface area (Å²) in [7, 11) is -3.34. The average Bonchev–Trinajstić information content (AvgIpc) is 2.81. The molecule has 8 heteroatoms. The number of aromatic nitrogens is 1. The number of nitrogen functional groups attached to an aromatic ring is 1. The first-order valence-electron chi connectivity index (χ1n) is 7.40. The lowest BCUT2D eigenvalue weighted by molar-refractivity contribution is 0.303. The molecular weight excluding hydrogens is 308 g/mol. The molecule has 0 spiro atoms. The van der Waals surface area contributed by atoms with E-state index < -0.39 is 9.84 Å². The Kier molecular flexibility index (Phi) is 7.41. The molecule has 0 unspecified atom stereocenters. The van der Waals surface area contributed by atoms with Gasteiger partial charge in [0.2, 0.25) is 0 Å². The van der Waals surface area contributed by atoms with Gasteiger partial charge in [0.05, 0.1) is 5.75 Å². The average molecular weight is 335 g/mol. The molecule has 0 saturated heterocycles. The molecule has 0 atom stereocenters. The quantitative estimate of drug-likeness (QED) is 0.637. The minimum Gasteiger partial charge on any atom is -0.382 e. The molecule has 1 aromatic heterocycles. The third-order valence-electron chi connectivity index (χ3n) is 3.29. The van der Waals surface area contributed by atoms with Gasteiger partial charge in [-0.1, -0.05) is 20.8 Å². The van der Waals surface area contributed by atoms with E-state index in [-0.39, 0.29) is 16.5 Å². The molecule has 0 aliphatic rings. The van der Waals surface area contributed by atoms with Crippen LogP contribution in [0.2, 0.25) is 0 Å².